The molecule has 0 heterocycles. The Hall–Kier alpha value is 0. The molecule has 0 rings (SSSR count). The van der Waals surface area contributed by atoms with Crippen molar-refractivity contribution in [3.8, 4) is 0 Å². The van der Waals surface area contributed by atoms with Crippen molar-refractivity contribution in [1.82, 2.24) is 0 Å². The molecule has 0 N–H and O–H groups in total. The van der Waals surface area contributed by atoms with Crippen LogP contribution < -0.4 is 0 Å². The predicted octanol–water partition coefficient (Wildman–Crippen LogP) is 18.3. The van der Waals surface area contributed by atoms with Gasteiger partial charge in [0.25, 0.3) is 0 Å². The smallest absolute Gasteiger partial charge is 0.0420 e. The van der Waals surface area contributed by atoms with Gasteiger partial charge in [-0.3, -0.25) is 0 Å². The lowest BCUT2D eigenvalue weighted by atomic mass is 9.98. The summed E-state index contributed by atoms with van der Waals surface area (Å²) in [7, 11) is 0. The maximum atomic E-state index is 2.28. The third-order valence-electron chi connectivity index (χ3n) is 9.07. The van der Waals surface area contributed by atoms with Crippen LogP contribution in [0.2, 0.25) is 0 Å². The summed E-state index contributed by atoms with van der Waals surface area (Å²) in [5.41, 5.74) is 0. The first-order valence-corrected chi connectivity index (χ1v) is 20.7. The molecule has 0 unspecified atom stereocenters. The highest BCUT2D eigenvalue weighted by Gasteiger charge is 2.00. The fraction of sp³-hybridized carbons (Fsp3) is 1.00. The molecule has 278 valence electrons. The van der Waals surface area contributed by atoms with Crippen LogP contribution in [0.5, 0.6) is 0 Å². The van der Waals surface area contributed by atoms with E-state index >= 15 is 0 Å². The van der Waals surface area contributed by atoms with Crippen LogP contribution in [0.15, 0.2) is 0 Å². The van der Waals surface area contributed by atoms with Crippen molar-refractivity contribution in [2.75, 3.05) is 0 Å². The third-order valence-corrected chi connectivity index (χ3v) is 9.07. The zero-order valence-corrected chi connectivity index (χ0v) is 34.6. The van der Waals surface area contributed by atoms with Crippen LogP contribution in [0, 0.1) is 23.7 Å². The van der Waals surface area contributed by atoms with Gasteiger partial charge in [-0.1, -0.05) is 266 Å². The first-order chi connectivity index (χ1) is 20.7. The van der Waals surface area contributed by atoms with Crippen LogP contribution in [-0.2, 0) is 0 Å². The lowest BCUT2D eigenvalue weighted by Gasteiger charge is -2.08. The summed E-state index contributed by atoms with van der Waals surface area (Å²) in [5, 5.41) is 0. The zero-order chi connectivity index (χ0) is 34.6. The molecule has 0 aromatic rings. The largest absolute Gasteiger partial charge is 0.0776 e. The van der Waals surface area contributed by atoms with Crippen molar-refractivity contribution in [2.24, 2.45) is 23.7 Å². The van der Waals surface area contributed by atoms with Crippen molar-refractivity contribution >= 4 is 0 Å². The Morgan fingerprint density at radius 1 is 0.227 bits per heavy atom. The highest BCUT2D eigenvalue weighted by molar-refractivity contribution is 4.53. The SMILES string of the molecule is C.CCCC(CC)CC.CCCC(CC)CC.CCCC(CC)CC.CCCC(CC)CC.CCCCC.CCCCCC. The molecular weight excluding hydrogens is 528 g/mol. The molecule has 0 amide bonds. The minimum absolute atomic E-state index is 0. The van der Waals surface area contributed by atoms with E-state index in [4.69, 9.17) is 0 Å². The van der Waals surface area contributed by atoms with E-state index in [0.717, 1.165) is 23.7 Å². The van der Waals surface area contributed by atoms with Crippen LogP contribution in [0.4, 0.5) is 0 Å². The highest BCUT2D eigenvalue weighted by Crippen LogP contribution is 2.15. The van der Waals surface area contributed by atoms with Gasteiger partial charge in [0.1, 0.15) is 0 Å². The summed E-state index contributed by atoms with van der Waals surface area (Å²) in [6, 6.07) is 0. The van der Waals surface area contributed by atoms with E-state index in [1.807, 2.05) is 0 Å². The Morgan fingerprint density at radius 3 is 0.432 bits per heavy atom. The minimum atomic E-state index is 0. The summed E-state index contributed by atoms with van der Waals surface area (Å²) < 4.78 is 0. The number of hydrogen-bond donors (Lipinski definition) is 0. The fourth-order valence-electron chi connectivity index (χ4n) is 5.27. The minimum Gasteiger partial charge on any atom is -0.0776 e. The van der Waals surface area contributed by atoms with Crippen LogP contribution in [-0.4, -0.2) is 0 Å². The second-order valence-corrected chi connectivity index (χ2v) is 12.9. The van der Waals surface area contributed by atoms with E-state index < -0.39 is 0 Å². The average molecular weight is 631 g/mol. The Balaban J connectivity index is -0.0000000749. The van der Waals surface area contributed by atoms with Gasteiger partial charge in [0.15, 0.2) is 0 Å². The van der Waals surface area contributed by atoms with Gasteiger partial charge < -0.3 is 0 Å². The van der Waals surface area contributed by atoms with E-state index in [2.05, 4.69) is 111 Å². The van der Waals surface area contributed by atoms with Crippen LogP contribution in [0.25, 0.3) is 0 Å². The molecule has 0 spiro atoms. The molecule has 0 atom stereocenters. The van der Waals surface area contributed by atoms with Crippen molar-refractivity contribution in [3.05, 3.63) is 0 Å². The number of unbranched alkanes of at least 4 members (excludes halogenated alkanes) is 5. The standard InChI is InChI=1S/4C8H18.C6H14.C5H12.CH4/c4*1-4-7-8(5-2)6-3;1-3-5-6-4-2;1-3-5-4-2;/h4*8H,4-7H2,1-3H3;3-6H2,1-2H3;3-5H2,1-2H3;1H4. The van der Waals surface area contributed by atoms with Gasteiger partial charge in [0, 0.05) is 0 Å². The van der Waals surface area contributed by atoms with E-state index in [0.29, 0.717) is 0 Å². The predicted molar refractivity (Wildman–Crippen MR) is 218 cm³/mol. The number of hydrogen-bond acceptors (Lipinski definition) is 0. The van der Waals surface area contributed by atoms with Gasteiger partial charge in [0.05, 0.1) is 0 Å². The molecular formula is C44H102. The molecule has 44 heavy (non-hydrogen) atoms. The maximum Gasteiger partial charge on any atom is -0.0420 e. The molecule has 0 saturated heterocycles. The van der Waals surface area contributed by atoms with Gasteiger partial charge in [-0.05, 0) is 23.7 Å². The molecule has 0 radical (unpaired) electrons. The van der Waals surface area contributed by atoms with Gasteiger partial charge in [-0.2, -0.15) is 0 Å². The van der Waals surface area contributed by atoms with E-state index in [1.165, 1.54) is 148 Å². The Labute approximate surface area is 288 Å². The first kappa shape index (κ1) is 59.4. The molecule has 0 saturated carbocycles. The molecule has 0 bridgehead atoms. The fourth-order valence-corrected chi connectivity index (χ4v) is 5.27. The zero-order valence-electron chi connectivity index (χ0n) is 34.6. The average Bonchev–Trinajstić information content (AvgIpc) is 3.04. The van der Waals surface area contributed by atoms with E-state index in [-0.39, 0.29) is 7.43 Å². The van der Waals surface area contributed by atoms with Gasteiger partial charge in [0.2, 0.25) is 0 Å². The van der Waals surface area contributed by atoms with E-state index in [9.17, 15) is 0 Å². The van der Waals surface area contributed by atoms with Gasteiger partial charge >= 0.3 is 0 Å². The van der Waals surface area contributed by atoms with Gasteiger partial charge in [-0.25, -0.2) is 0 Å². The molecule has 0 nitrogen and oxygen atoms in total. The quantitative estimate of drug-likeness (QED) is 0.111. The van der Waals surface area contributed by atoms with E-state index in [1.54, 1.807) is 0 Å². The summed E-state index contributed by atoms with van der Waals surface area (Å²) >= 11 is 0. The lowest BCUT2D eigenvalue weighted by Crippen LogP contribution is -1.94. The molecule has 0 heteroatoms. The maximum absolute atomic E-state index is 2.28. The van der Waals surface area contributed by atoms with Crippen LogP contribution in [0.1, 0.15) is 266 Å². The normalized spacial score (nSPS) is 9.82. The van der Waals surface area contributed by atoms with Crippen molar-refractivity contribution < 1.29 is 0 Å². The Kier molecular flexibility index (Phi) is 83.6. The summed E-state index contributed by atoms with van der Waals surface area (Å²) in [6.07, 6.45) is 31.6. The van der Waals surface area contributed by atoms with Crippen molar-refractivity contribution in [2.45, 2.75) is 266 Å². The lowest BCUT2D eigenvalue weighted by molar-refractivity contribution is 0.451. The second kappa shape index (κ2) is 61.9. The molecule has 0 aromatic carbocycles. The van der Waals surface area contributed by atoms with Crippen LogP contribution >= 0.6 is 0 Å². The summed E-state index contributed by atoms with van der Waals surface area (Å²) in [4.78, 5) is 0. The molecule has 0 aliphatic heterocycles. The van der Waals surface area contributed by atoms with Crippen molar-refractivity contribution in [3.63, 3.8) is 0 Å². The third kappa shape index (κ3) is 64.8. The highest BCUT2D eigenvalue weighted by atomic mass is 14.1. The summed E-state index contributed by atoms with van der Waals surface area (Å²) in [5.74, 6) is 4.00. The van der Waals surface area contributed by atoms with Crippen molar-refractivity contribution in [1.29, 1.82) is 0 Å². The molecule has 0 aromatic heterocycles. The first-order valence-electron chi connectivity index (χ1n) is 20.7. The molecule has 0 aliphatic rings. The second-order valence-electron chi connectivity index (χ2n) is 12.9. The molecule has 0 aliphatic carbocycles. The van der Waals surface area contributed by atoms with Crippen LogP contribution in [0.3, 0.4) is 0 Å². The topological polar surface area (TPSA) is 0 Å². The summed E-state index contributed by atoms with van der Waals surface area (Å²) in [6.45, 7) is 36.2. The monoisotopic (exact) mass is 631 g/mol. The Bertz CT molecular complexity index is 281. The van der Waals surface area contributed by atoms with Gasteiger partial charge in [-0.15, -0.1) is 0 Å². The Morgan fingerprint density at radius 2 is 0.386 bits per heavy atom. The molecule has 0 fully saturated rings. The number of rotatable bonds is 21.